The summed E-state index contributed by atoms with van der Waals surface area (Å²) in [5, 5.41) is 0.890. The van der Waals surface area contributed by atoms with Gasteiger partial charge in [-0.25, -0.2) is 9.97 Å². The van der Waals surface area contributed by atoms with Crippen LogP contribution in [-0.2, 0) is 0 Å². The van der Waals surface area contributed by atoms with Crippen LogP contribution in [0.25, 0.3) is 10.9 Å². The number of benzene rings is 2. The lowest BCUT2D eigenvalue weighted by Crippen LogP contribution is -2.09. The first-order valence-corrected chi connectivity index (χ1v) is 7.02. The van der Waals surface area contributed by atoms with Gasteiger partial charge in [0.2, 0.25) is 0 Å². The number of aromatic nitrogens is 2. The van der Waals surface area contributed by atoms with Gasteiger partial charge in [0.05, 0.1) is 18.0 Å². The van der Waals surface area contributed by atoms with E-state index in [4.69, 9.17) is 14.2 Å². The summed E-state index contributed by atoms with van der Waals surface area (Å²) in [5.41, 5.74) is 1.85. The largest absolute Gasteiger partial charge is 0.493 e. The quantitative estimate of drug-likeness (QED) is 0.742. The fourth-order valence-electron chi connectivity index (χ4n) is 2.68. The standard InChI is InChI=1S/C17H14N2O3/c1-20-15-7-2-4-11-16(9-21-17(11)15)22-14-6-3-5-13-12(14)8-18-10-19-13/h2-8,10,16H,9H2,1H3. The minimum atomic E-state index is -0.170. The van der Waals surface area contributed by atoms with Gasteiger partial charge >= 0.3 is 0 Å². The minimum absolute atomic E-state index is 0.170. The number of methoxy groups -OCH3 is 1. The average molecular weight is 294 g/mol. The zero-order valence-electron chi connectivity index (χ0n) is 12.0. The molecule has 2 heterocycles. The van der Waals surface area contributed by atoms with E-state index in [2.05, 4.69) is 9.97 Å². The fourth-order valence-corrected chi connectivity index (χ4v) is 2.68. The first-order valence-electron chi connectivity index (χ1n) is 7.02. The highest BCUT2D eigenvalue weighted by molar-refractivity contribution is 5.84. The maximum atomic E-state index is 6.15. The molecule has 4 rings (SSSR count). The average Bonchev–Trinajstić information content (AvgIpc) is 2.98. The van der Waals surface area contributed by atoms with Crippen LogP contribution < -0.4 is 14.2 Å². The smallest absolute Gasteiger partial charge is 0.168 e. The first-order chi connectivity index (χ1) is 10.9. The Labute approximate surface area is 127 Å². The lowest BCUT2D eigenvalue weighted by atomic mass is 10.1. The molecule has 0 amide bonds. The molecule has 5 nitrogen and oxygen atoms in total. The summed E-state index contributed by atoms with van der Waals surface area (Å²) in [6.07, 6.45) is 3.13. The Morgan fingerprint density at radius 3 is 2.91 bits per heavy atom. The molecule has 1 aliphatic heterocycles. The van der Waals surface area contributed by atoms with Crippen molar-refractivity contribution in [2.24, 2.45) is 0 Å². The van der Waals surface area contributed by atoms with Crippen molar-refractivity contribution in [3.8, 4) is 17.2 Å². The molecule has 0 aliphatic carbocycles. The maximum Gasteiger partial charge on any atom is 0.168 e. The molecule has 22 heavy (non-hydrogen) atoms. The Balaban J connectivity index is 1.71. The number of rotatable bonds is 3. The molecule has 1 aromatic heterocycles. The summed E-state index contributed by atoms with van der Waals surface area (Å²) < 4.78 is 17.2. The van der Waals surface area contributed by atoms with Crippen LogP contribution in [0.15, 0.2) is 48.9 Å². The Kier molecular flexibility index (Phi) is 3.04. The highest BCUT2D eigenvalue weighted by Gasteiger charge is 2.29. The highest BCUT2D eigenvalue weighted by Crippen LogP contribution is 2.42. The lowest BCUT2D eigenvalue weighted by Gasteiger charge is -2.14. The van der Waals surface area contributed by atoms with Gasteiger partial charge in [0.15, 0.2) is 17.6 Å². The van der Waals surface area contributed by atoms with Gasteiger partial charge in [0.25, 0.3) is 0 Å². The zero-order valence-corrected chi connectivity index (χ0v) is 12.0. The van der Waals surface area contributed by atoms with Crippen LogP contribution in [0.2, 0.25) is 0 Å². The summed E-state index contributed by atoms with van der Waals surface area (Å²) in [6.45, 7) is 0.458. The second kappa shape index (κ2) is 5.18. The number of hydrogen-bond acceptors (Lipinski definition) is 5. The molecule has 110 valence electrons. The molecule has 1 aliphatic rings. The van der Waals surface area contributed by atoms with Crippen LogP contribution in [0.5, 0.6) is 17.2 Å². The van der Waals surface area contributed by atoms with Crippen LogP contribution in [0.4, 0.5) is 0 Å². The van der Waals surface area contributed by atoms with Gasteiger partial charge in [-0.1, -0.05) is 18.2 Å². The van der Waals surface area contributed by atoms with E-state index in [0.29, 0.717) is 6.61 Å². The number of para-hydroxylation sites is 1. The summed E-state index contributed by atoms with van der Waals surface area (Å²) in [4.78, 5) is 8.32. The molecule has 0 saturated heterocycles. The summed E-state index contributed by atoms with van der Waals surface area (Å²) in [7, 11) is 1.63. The van der Waals surface area contributed by atoms with E-state index in [1.54, 1.807) is 13.3 Å². The van der Waals surface area contributed by atoms with Gasteiger partial charge in [0.1, 0.15) is 18.7 Å². The molecule has 2 aromatic carbocycles. The summed E-state index contributed by atoms with van der Waals surface area (Å²) in [5.74, 6) is 2.23. The minimum Gasteiger partial charge on any atom is -0.493 e. The Morgan fingerprint density at radius 1 is 1.14 bits per heavy atom. The molecule has 1 unspecified atom stereocenters. The van der Waals surface area contributed by atoms with Crippen LogP contribution in [0, 0.1) is 0 Å². The molecule has 0 N–H and O–H groups in total. The zero-order chi connectivity index (χ0) is 14.9. The molecule has 5 heteroatoms. The van der Waals surface area contributed by atoms with Crippen molar-refractivity contribution in [3.63, 3.8) is 0 Å². The van der Waals surface area contributed by atoms with E-state index in [1.165, 1.54) is 6.33 Å². The molecule has 0 bridgehead atoms. The first kappa shape index (κ1) is 12.9. The van der Waals surface area contributed by atoms with E-state index in [-0.39, 0.29) is 6.10 Å². The summed E-state index contributed by atoms with van der Waals surface area (Å²) in [6, 6.07) is 11.6. The molecular formula is C17H14N2O3. The third kappa shape index (κ3) is 2.02. The molecular weight excluding hydrogens is 280 g/mol. The highest BCUT2D eigenvalue weighted by atomic mass is 16.6. The molecule has 0 radical (unpaired) electrons. The lowest BCUT2D eigenvalue weighted by molar-refractivity contribution is 0.164. The van der Waals surface area contributed by atoms with Crippen molar-refractivity contribution in [1.29, 1.82) is 0 Å². The number of fused-ring (bicyclic) bond motifs is 2. The van der Waals surface area contributed by atoms with E-state index < -0.39 is 0 Å². The number of hydrogen-bond donors (Lipinski definition) is 0. The third-order valence-corrected chi connectivity index (χ3v) is 3.73. The maximum absolute atomic E-state index is 6.15. The van der Waals surface area contributed by atoms with Gasteiger partial charge in [-0.2, -0.15) is 0 Å². The Bertz CT molecular complexity index is 830. The van der Waals surface area contributed by atoms with Crippen LogP contribution in [0.3, 0.4) is 0 Å². The van der Waals surface area contributed by atoms with Gasteiger partial charge in [0, 0.05) is 11.8 Å². The summed E-state index contributed by atoms with van der Waals surface area (Å²) >= 11 is 0. The molecule has 1 atom stereocenters. The Morgan fingerprint density at radius 2 is 2.00 bits per heavy atom. The van der Waals surface area contributed by atoms with Gasteiger partial charge in [-0.3, -0.25) is 0 Å². The molecule has 0 saturated carbocycles. The second-order valence-corrected chi connectivity index (χ2v) is 5.01. The second-order valence-electron chi connectivity index (χ2n) is 5.01. The monoisotopic (exact) mass is 294 g/mol. The van der Waals surface area contributed by atoms with E-state index in [9.17, 15) is 0 Å². The molecule has 3 aromatic rings. The third-order valence-electron chi connectivity index (χ3n) is 3.73. The SMILES string of the molecule is COc1cccc2c1OCC2Oc1cccc2ncncc12. The van der Waals surface area contributed by atoms with E-state index in [0.717, 1.165) is 33.7 Å². The van der Waals surface area contributed by atoms with Gasteiger partial charge in [-0.05, 0) is 18.2 Å². The number of ether oxygens (including phenoxy) is 3. The topological polar surface area (TPSA) is 53.5 Å². The number of nitrogens with zero attached hydrogens (tertiary/aromatic N) is 2. The van der Waals surface area contributed by atoms with Gasteiger partial charge < -0.3 is 14.2 Å². The van der Waals surface area contributed by atoms with E-state index >= 15 is 0 Å². The van der Waals surface area contributed by atoms with Crippen molar-refractivity contribution < 1.29 is 14.2 Å². The molecule has 0 fully saturated rings. The van der Waals surface area contributed by atoms with E-state index in [1.807, 2.05) is 36.4 Å². The fraction of sp³-hybridized carbons (Fsp3) is 0.176. The Hall–Kier alpha value is -2.82. The van der Waals surface area contributed by atoms with Crippen molar-refractivity contribution in [1.82, 2.24) is 9.97 Å². The van der Waals surface area contributed by atoms with Crippen molar-refractivity contribution >= 4 is 10.9 Å². The predicted octanol–water partition coefficient (Wildman–Crippen LogP) is 3.15. The van der Waals surface area contributed by atoms with Crippen LogP contribution in [-0.4, -0.2) is 23.7 Å². The van der Waals surface area contributed by atoms with Crippen molar-refractivity contribution in [2.75, 3.05) is 13.7 Å². The van der Waals surface area contributed by atoms with Crippen LogP contribution >= 0.6 is 0 Å². The van der Waals surface area contributed by atoms with Gasteiger partial charge in [-0.15, -0.1) is 0 Å². The van der Waals surface area contributed by atoms with Crippen molar-refractivity contribution in [2.45, 2.75) is 6.10 Å². The van der Waals surface area contributed by atoms with Crippen LogP contribution in [0.1, 0.15) is 11.7 Å². The molecule has 0 spiro atoms. The predicted molar refractivity (Wildman–Crippen MR) is 81.4 cm³/mol. The van der Waals surface area contributed by atoms with Crippen molar-refractivity contribution in [3.05, 3.63) is 54.5 Å². The normalized spacial score (nSPS) is 16.1.